The van der Waals surface area contributed by atoms with Crippen molar-refractivity contribution in [1.82, 2.24) is 20.4 Å². The van der Waals surface area contributed by atoms with E-state index >= 15 is 0 Å². The van der Waals surface area contributed by atoms with Crippen LogP contribution in [0.4, 0.5) is 0 Å². The van der Waals surface area contributed by atoms with Crippen molar-refractivity contribution in [2.75, 3.05) is 13.2 Å². The summed E-state index contributed by atoms with van der Waals surface area (Å²) in [6, 6.07) is 6.40. The smallest absolute Gasteiger partial charge is 0.257 e. The summed E-state index contributed by atoms with van der Waals surface area (Å²) in [6.45, 7) is 3.45. The molecule has 1 aliphatic heterocycles. The van der Waals surface area contributed by atoms with Crippen LogP contribution in [0.5, 0.6) is 0 Å². The number of benzene rings is 1. The number of nitrogens with zero attached hydrogens (tertiary/aromatic N) is 2. The minimum Gasteiger partial charge on any atom is -0.381 e. The van der Waals surface area contributed by atoms with E-state index < -0.39 is 0 Å². The summed E-state index contributed by atoms with van der Waals surface area (Å²) in [4.78, 5) is 21.7. The fourth-order valence-corrected chi connectivity index (χ4v) is 5.43. The quantitative estimate of drug-likeness (QED) is 0.529. The topological polar surface area (TPSA) is 93.0 Å². The van der Waals surface area contributed by atoms with Gasteiger partial charge in [0.15, 0.2) is 0 Å². The first-order chi connectivity index (χ1) is 16.2. The highest BCUT2D eigenvalue weighted by Crippen LogP contribution is 2.34. The molecular weight excluding hydrogens is 416 g/mol. The average Bonchev–Trinajstić information content (AvgIpc) is 3.43. The number of ether oxygens (including phenoxy) is 1. The van der Waals surface area contributed by atoms with Gasteiger partial charge in [-0.25, -0.2) is 4.98 Å². The number of H-pyrrole nitrogens is 1. The number of carbonyl (C=O) groups excluding carboxylic acids is 1. The second kappa shape index (κ2) is 10.1. The van der Waals surface area contributed by atoms with Gasteiger partial charge in [0, 0.05) is 13.2 Å². The van der Waals surface area contributed by atoms with Crippen molar-refractivity contribution in [2.24, 2.45) is 5.92 Å². The summed E-state index contributed by atoms with van der Waals surface area (Å²) in [5, 5.41) is 7.16. The zero-order chi connectivity index (χ0) is 22.6. The highest BCUT2D eigenvalue weighted by molar-refractivity contribution is 5.95. The average molecular weight is 451 g/mol. The Balaban J connectivity index is 1.45. The zero-order valence-corrected chi connectivity index (χ0v) is 19.4. The minimum absolute atomic E-state index is 0.149. The number of fused-ring (bicyclic) bond motifs is 1. The van der Waals surface area contributed by atoms with Crippen molar-refractivity contribution >= 4 is 16.9 Å². The molecule has 1 amide bonds. The third kappa shape index (κ3) is 4.98. The number of aromatic amines is 1. The lowest BCUT2D eigenvalue weighted by molar-refractivity contribution is 0.0853. The number of amides is 1. The van der Waals surface area contributed by atoms with Crippen molar-refractivity contribution < 1.29 is 14.1 Å². The lowest BCUT2D eigenvalue weighted by Gasteiger charge is -2.28. The number of aryl methyl sites for hydroxylation is 1. The molecule has 7 heteroatoms. The Morgan fingerprint density at radius 3 is 2.58 bits per heavy atom. The van der Waals surface area contributed by atoms with Crippen LogP contribution >= 0.6 is 0 Å². The van der Waals surface area contributed by atoms with E-state index in [0.717, 1.165) is 55.8 Å². The van der Waals surface area contributed by atoms with E-state index in [0.29, 0.717) is 23.1 Å². The van der Waals surface area contributed by atoms with Gasteiger partial charge in [-0.1, -0.05) is 43.3 Å². The van der Waals surface area contributed by atoms with Crippen molar-refractivity contribution in [2.45, 2.75) is 76.7 Å². The van der Waals surface area contributed by atoms with Crippen molar-refractivity contribution in [3.05, 3.63) is 47.1 Å². The second-order valence-corrected chi connectivity index (χ2v) is 9.66. The molecule has 2 aromatic heterocycles. The third-order valence-corrected chi connectivity index (χ3v) is 7.42. The van der Waals surface area contributed by atoms with E-state index in [4.69, 9.17) is 14.2 Å². The molecule has 0 radical (unpaired) electrons. The van der Waals surface area contributed by atoms with E-state index in [2.05, 4.69) is 33.7 Å². The summed E-state index contributed by atoms with van der Waals surface area (Å²) >= 11 is 0. The molecule has 176 valence electrons. The fraction of sp³-hybridized carbons (Fsp3) is 0.577. The maximum absolute atomic E-state index is 13.1. The molecule has 2 fully saturated rings. The highest BCUT2D eigenvalue weighted by Gasteiger charge is 2.29. The first-order valence-electron chi connectivity index (χ1n) is 12.5. The van der Waals surface area contributed by atoms with Crippen LogP contribution < -0.4 is 5.32 Å². The maximum atomic E-state index is 13.1. The van der Waals surface area contributed by atoms with Gasteiger partial charge in [-0.3, -0.25) is 4.79 Å². The van der Waals surface area contributed by atoms with E-state index in [1.54, 1.807) is 6.92 Å². The second-order valence-electron chi connectivity index (χ2n) is 9.66. The molecule has 3 heterocycles. The fourth-order valence-electron chi connectivity index (χ4n) is 5.43. The van der Waals surface area contributed by atoms with Gasteiger partial charge in [0.25, 0.3) is 5.91 Å². The molecular formula is C26H34N4O3. The molecule has 5 rings (SSSR count). The molecule has 0 spiro atoms. The standard InChI is InChI=1S/C26H34N4O3/c1-17-21(16-33-30-17)26(31)29-24(19-7-5-3-2-4-6-8-19)25-27-22-10-9-20(15-23(22)28-25)18-11-13-32-14-12-18/h9-10,15-16,18-19,24H,2-8,11-14H2,1H3,(H,27,28)(H,29,31). The van der Waals surface area contributed by atoms with E-state index in [9.17, 15) is 4.79 Å². The molecule has 1 unspecified atom stereocenters. The first-order valence-corrected chi connectivity index (χ1v) is 12.5. The van der Waals surface area contributed by atoms with Gasteiger partial charge in [-0.2, -0.15) is 0 Å². The number of nitrogens with one attached hydrogen (secondary N) is 2. The van der Waals surface area contributed by atoms with Crippen molar-refractivity contribution in [3.8, 4) is 0 Å². The summed E-state index contributed by atoms with van der Waals surface area (Å²) < 4.78 is 10.5. The molecule has 2 N–H and O–H groups in total. The van der Waals surface area contributed by atoms with Gasteiger partial charge in [0.1, 0.15) is 17.7 Å². The third-order valence-electron chi connectivity index (χ3n) is 7.42. The van der Waals surface area contributed by atoms with E-state index in [-0.39, 0.29) is 11.9 Å². The van der Waals surface area contributed by atoms with Gasteiger partial charge in [0.2, 0.25) is 0 Å². The Kier molecular flexibility index (Phi) is 6.76. The Hall–Kier alpha value is -2.67. The summed E-state index contributed by atoms with van der Waals surface area (Å²) in [5.41, 5.74) is 4.42. The first kappa shape index (κ1) is 22.1. The van der Waals surface area contributed by atoms with Crippen LogP contribution in [0.15, 0.2) is 29.0 Å². The number of carbonyl (C=O) groups is 1. The molecule has 1 atom stereocenters. The highest BCUT2D eigenvalue weighted by atomic mass is 16.5. The van der Waals surface area contributed by atoms with E-state index in [1.807, 2.05) is 0 Å². The number of imidazole rings is 1. The molecule has 1 aliphatic carbocycles. The predicted molar refractivity (Wildman–Crippen MR) is 126 cm³/mol. The maximum Gasteiger partial charge on any atom is 0.257 e. The molecule has 7 nitrogen and oxygen atoms in total. The molecule has 33 heavy (non-hydrogen) atoms. The molecule has 0 bridgehead atoms. The molecule has 1 aromatic carbocycles. The zero-order valence-electron chi connectivity index (χ0n) is 19.4. The lowest BCUT2D eigenvalue weighted by Crippen LogP contribution is -2.35. The van der Waals surface area contributed by atoms with Gasteiger partial charge in [-0.15, -0.1) is 0 Å². The number of hydrogen-bond donors (Lipinski definition) is 2. The summed E-state index contributed by atoms with van der Waals surface area (Å²) in [5.74, 6) is 1.58. The van der Waals surface area contributed by atoms with Gasteiger partial charge >= 0.3 is 0 Å². The Morgan fingerprint density at radius 2 is 1.85 bits per heavy atom. The largest absolute Gasteiger partial charge is 0.381 e. The van der Waals surface area contributed by atoms with Crippen molar-refractivity contribution in [1.29, 1.82) is 0 Å². The van der Waals surface area contributed by atoms with Crippen molar-refractivity contribution in [3.63, 3.8) is 0 Å². The van der Waals surface area contributed by atoms with Crippen LogP contribution in [-0.2, 0) is 4.74 Å². The lowest BCUT2D eigenvalue weighted by atomic mass is 9.85. The number of rotatable bonds is 5. The SMILES string of the molecule is Cc1nocc1C(=O)NC(c1nc2cc(C3CCOCC3)ccc2[nH]1)C1CCCCCCC1. The minimum atomic E-state index is -0.163. The molecule has 3 aromatic rings. The van der Waals surface area contributed by atoms with Crippen LogP contribution in [0.3, 0.4) is 0 Å². The van der Waals surface area contributed by atoms with E-state index in [1.165, 1.54) is 43.9 Å². The van der Waals surface area contributed by atoms with Crippen LogP contribution in [0.25, 0.3) is 11.0 Å². The van der Waals surface area contributed by atoms with Crippen LogP contribution in [0.2, 0.25) is 0 Å². The Morgan fingerprint density at radius 1 is 1.09 bits per heavy atom. The van der Waals surface area contributed by atoms with Crippen LogP contribution in [0.1, 0.15) is 97.2 Å². The van der Waals surface area contributed by atoms with Crippen LogP contribution in [-0.4, -0.2) is 34.2 Å². The van der Waals surface area contributed by atoms with Gasteiger partial charge < -0.3 is 19.6 Å². The monoisotopic (exact) mass is 450 g/mol. The summed E-state index contributed by atoms with van der Waals surface area (Å²) in [7, 11) is 0. The Labute approximate surface area is 194 Å². The van der Waals surface area contributed by atoms with Gasteiger partial charge in [0.05, 0.1) is 22.8 Å². The molecule has 1 saturated carbocycles. The Bertz CT molecular complexity index is 1070. The molecule has 2 aliphatic rings. The van der Waals surface area contributed by atoms with Crippen LogP contribution in [0, 0.1) is 12.8 Å². The van der Waals surface area contributed by atoms with Gasteiger partial charge in [-0.05, 0) is 62.1 Å². The normalized spacial score (nSPS) is 19.8. The number of aromatic nitrogens is 3. The predicted octanol–water partition coefficient (Wildman–Crippen LogP) is 5.58. The molecule has 1 saturated heterocycles. The number of hydrogen-bond acceptors (Lipinski definition) is 5. The summed E-state index contributed by atoms with van der Waals surface area (Å²) in [6.07, 6.45) is 11.9.